The number of rotatable bonds is 2. The first-order valence-corrected chi connectivity index (χ1v) is 7.07. The summed E-state index contributed by atoms with van der Waals surface area (Å²) in [6.07, 6.45) is 5.91. The van der Waals surface area contributed by atoms with Crippen LogP contribution < -0.4 is 14.2 Å². The van der Waals surface area contributed by atoms with Gasteiger partial charge >= 0.3 is 0 Å². The average molecular weight is 264 g/mol. The van der Waals surface area contributed by atoms with E-state index in [9.17, 15) is 5.11 Å². The van der Waals surface area contributed by atoms with E-state index in [1.807, 2.05) is 18.2 Å². The van der Waals surface area contributed by atoms with Gasteiger partial charge in [0.05, 0.1) is 6.10 Å². The second-order valence-corrected chi connectivity index (χ2v) is 5.23. The molecule has 0 saturated heterocycles. The number of hydrogen-bond acceptors (Lipinski definition) is 4. The Morgan fingerprint density at radius 1 is 1.00 bits per heavy atom. The first-order valence-electron chi connectivity index (χ1n) is 7.07. The monoisotopic (exact) mass is 264 g/mol. The highest BCUT2D eigenvalue weighted by molar-refractivity contribution is 5.46. The fraction of sp³-hybridized carbons (Fsp3) is 0.600. The molecule has 2 aliphatic rings. The molecule has 104 valence electrons. The van der Waals surface area contributed by atoms with Gasteiger partial charge in [0, 0.05) is 6.07 Å². The van der Waals surface area contributed by atoms with Crippen LogP contribution in [0.2, 0.25) is 0 Å². The molecule has 1 aromatic carbocycles. The van der Waals surface area contributed by atoms with Crippen LogP contribution in [0.4, 0.5) is 0 Å². The maximum atomic E-state index is 10.1. The fourth-order valence-corrected chi connectivity index (χ4v) is 2.69. The van der Waals surface area contributed by atoms with Crippen LogP contribution in [0.15, 0.2) is 18.2 Å². The largest absolute Gasteiger partial charge is 0.488 e. The van der Waals surface area contributed by atoms with Crippen LogP contribution >= 0.6 is 0 Å². The quantitative estimate of drug-likeness (QED) is 0.892. The standard InChI is InChI=1S/C15H20O4/c16-12-5-3-1-2-4-6-13(12)19-11-7-8-14-15(9-11)18-10-17-14/h7-9,12-13,16H,1-6,10H2. The molecule has 19 heavy (non-hydrogen) atoms. The van der Waals surface area contributed by atoms with E-state index in [2.05, 4.69) is 0 Å². The molecule has 1 saturated carbocycles. The van der Waals surface area contributed by atoms with Crippen LogP contribution in [0.1, 0.15) is 38.5 Å². The van der Waals surface area contributed by atoms with Gasteiger partial charge in [0.1, 0.15) is 11.9 Å². The molecule has 1 aromatic rings. The lowest BCUT2D eigenvalue weighted by Gasteiger charge is -2.26. The van der Waals surface area contributed by atoms with E-state index in [1.54, 1.807) is 0 Å². The van der Waals surface area contributed by atoms with Crippen molar-refractivity contribution in [3.63, 3.8) is 0 Å². The summed E-state index contributed by atoms with van der Waals surface area (Å²) >= 11 is 0. The molecule has 1 N–H and O–H groups in total. The van der Waals surface area contributed by atoms with Gasteiger partial charge < -0.3 is 19.3 Å². The van der Waals surface area contributed by atoms with E-state index in [-0.39, 0.29) is 19.0 Å². The summed E-state index contributed by atoms with van der Waals surface area (Å²) in [6, 6.07) is 5.57. The van der Waals surface area contributed by atoms with Crippen molar-refractivity contribution in [3.8, 4) is 17.2 Å². The Balaban J connectivity index is 1.68. The maximum Gasteiger partial charge on any atom is 0.231 e. The van der Waals surface area contributed by atoms with Crippen LogP contribution in [0, 0.1) is 0 Å². The summed E-state index contributed by atoms with van der Waals surface area (Å²) in [4.78, 5) is 0. The third-order valence-electron chi connectivity index (χ3n) is 3.80. The highest BCUT2D eigenvalue weighted by Crippen LogP contribution is 2.36. The number of ether oxygens (including phenoxy) is 3. The Morgan fingerprint density at radius 2 is 1.79 bits per heavy atom. The molecule has 0 bridgehead atoms. The summed E-state index contributed by atoms with van der Waals surface area (Å²) in [6.45, 7) is 0.269. The van der Waals surface area contributed by atoms with Crippen molar-refractivity contribution in [1.29, 1.82) is 0 Å². The second-order valence-electron chi connectivity index (χ2n) is 5.23. The minimum Gasteiger partial charge on any atom is -0.488 e. The molecule has 1 heterocycles. The third kappa shape index (κ3) is 2.95. The van der Waals surface area contributed by atoms with Crippen molar-refractivity contribution in [2.75, 3.05) is 6.79 Å². The lowest BCUT2D eigenvalue weighted by Crippen LogP contribution is -2.32. The average Bonchev–Trinajstić information content (AvgIpc) is 2.86. The van der Waals surface area contributed by atoms with E-state index in [0.717, 1.165) is 42.9 Å². The SMILES string of the molecule is OC1CCCCCCC1Oc1ccc2c(c1)OCO2. The Kier molecular flexibility index (Phi) is 3.78. The molecule has 3 rings (SSSR count). The Labute approximate surface area is 113 Å². The van der Waals surface area contributed by atoms with Crippen molar-refractivity contribution in [2.45, 2.75) is 50.7 Å². The molecular formula is C15H20O4. The first kappa shape index (κ1) is 12.6. The molecule has 2 unspecified atom stereocenters. The molecule has 1 aliphatic carbocycles. The zero-order valence-corrected chi connectivity index (χ0v) is 11.0. The molecule has 2 atom stereocenters. The number of benzene rings is 1. The predicted octanol–water partition coefficient (Wildman–Crippen LogP) is 2.88. The van der Waals surface area contributed by atoms with Gasteiger partial charge in [0.25, 0.3) is 0 Å². The Hall–Kier alpha value is -1.42. The zero-order valence-electron chi connectivity index (χ0n) is 11.0. The normalized spacial score (nSPS) is 26.6. The lowest BCUT2D eigenvalue weighted by atomic mass is 9.96. The third-order valence-corrected chi connectivity index (χ3v) is 3.80. The van der Waals surface area contributed by atoms with Crippen molar-refractivity contribution in [1.82, 2.24) is 0 Å². The van der Waals surface area contributed by atoms with Gasteiger partial charge in [-0.3, -0.25) is 0 Å². The smallest absolute Gasteiger partial charge is 0.231 e. The maximum absolute atomic E-state index is 10.1. The van der Waals surface area contributed by atoms with E-state index < -0.39 is 0 Å². The fourth-order valence-electron chi connectivity index (χ4n) is 2.69. The number of fused-ring (bicyclic) bond motifs is 1. The van der Waals surface area contributed by atoms with Crippen LogP contribution in [0.25, 0.3) is 0 Å². The van der Waals surface area contributed by atoms with Crippen molar-refractivity contribution in [3.05, 3.63) is 18.2 Å². The van der Waals surface area contributed by atoms with Gasteiger partial charge in [-0.15, -0.1) is 0 Å². The first-order chi connectivity index (χ1) is 9.33. The molecule has 0 aromatic heterocycles. The van der Waals surface area contributed by atoms with Gasteiger partial charge in [-0.05, 0) is 31.4 Å². The summed E-state index contributed by atoms with van der Waals surface area (Å²) in [7, 11) is 0. The molecule has 0 amide bonds. The highest BCUT2D eigenvalue weighted by Gasteiger charge is 2.23. The van der Waals surface area contributed by atoms with Crippen LogP contribution in [-0.2, 0) is 0 Å². The minimum absolute atomic E-state index is 0.110. The lowest BCUT2D eigenvalue weighted by molar-refractivity contribution is 0.0186. The van der Waals surface area contributed by atoms with Crippen LogP contribution in [0.3, 0.4) is 0 Å². The summed E-state index contributed by atoms with van der Waals surface area (Å²) in [5, 5.41) is 10.1. The van der Waals surface area contributed by atoms with Gasteiger partial charge in [-0.25, -0.2) is 0 Å². The van der Waals surface area contributed by atoms with E-state index >= 15 is 0 Å². The predicted molar refractivity (Wildman–Crippen MR) is 70.7 cm³/mol. The van der Waals surface area contributed by atoms with Crippen LogP contribution in [-0.4, -0.2) is 24.1 Å². The Morgan fingerprint density at radius 3 is 2.68 bits per heavy atom. The number of aliphatic hydroxyl groups excluding tert-OH is 1. The molecule has 0 spiro atoms. The van der Waals surface area contributed by atoms with E-state index in [4.69, 9.17) is 14.2 Å². The van der Waals surface area contributed by atoms with Crippen molar-refractivity contribution >= 4 is 0 Å². The summed E-state index contributed by atoms with van der Waals surface area (Å²) in [5.74, 6) is 2.22. The zero-order chi connectivity index (χ0) is 13.1. The molecule has 0 radical (unpaired) electrons. The molecular weight excluding hydrogens is 244 g/mol. The molecule has 1 aliphatic heterocycles. The number of aliphatic hydroxyl groups is 1. The summed E-state index contributed by atoms with van der Waals surface area (Å²) < 4.78 is 16.6. The Bertz CT molecular complexity index is 432. The minimum atomic E-state index is -0.370. The second kappa shape index (κ2) is 5.70. The van der Waals surface area contributed by atoms with Crippen molar-refractivity contribution < 1.29 is 19.3 Å². The van der Waals surface area contributed by atoms with E-state index in [1.165, 1.54) is 12.8 Å². The van der Waals surface area contributed by atoms with Crippen molar-refractivity contribution in [2.24, 2.45) is 0 Å². The topological polar surface area (TPSA) is 47.9 Å². The van der Waals surface area contributed by atoms with Gasteiger partial charge in [0.15, 0.2) is 11.5 Å². The molecule has 1 fully saturated rings. The molecule has 4 nitrogen and oxygen atoms in total. The van der Waals surface area contributed by atoms with Crippen LogP contribution in [0.5, 0.6) is 17.2 Å². The summed E-state index contributed by atoms with van der Waals surface area (Å²) in [5.41, 5.74) is 0. The highest BCUT2D eigenvalue weighted by atomic mass is 16.7. The number of hydrogen-bond donors (Lipinski definition) is 1. The van der Waals surface area contributed by atoms with Gasteiger partial charge in [0.2, 0.25) is 6.79 Å². The van der Waals surface area contributed by atoms with Gasteiger partial charge in [-0.2, -0.15) is 0 Å². The molecule has 4 heteroatoms. The van der Waals surface area contributed by atoms with Gasteiger partial charge in [-0.1, -0.05) is 19.3 Å². The van der Waals surface area contributed by atoms with E-state index in [0.29, 0.717) is 0 Å².